The van der Waals surface area contributed by atoms with E-state index in [1.165, 1.54) is 0 Å². The van der Waals surface area contributed by atoms with E-state index in [0.717, 1.165) is 11.1 Å². The fraction of sp³-hybridized carbons (Fsp3) is 0.267. The molecular formula is C15H20Cl2N4O. The molecular weight excluding hydrogens is 323 g/mol. The minimum atomic E-state index is -0.361. The van der Waals surface area contributed by atoms with E-state index in [9.17, 15) is 4.79 Å². The number of nitrogens with zero attached hydrogens (tertiary/aromatic N) is 2. The summed E-state index contributed by atoms with van der Waals surface area (Å²) in [5.41, 5.74) is 13.3. The molecule has 5 nitrogen and oxygen atoms in total. The number of rotatable bonds is 6. The number of nitrogens with two attached hydrogens (primary N) is 2. The van der Waals surface area contributed by atoms with Crippen LogP contribution in [0.3, 0.4) is 0 Å². The molecule has 0 radical (unpaired) electrons. The molecule has 0 aromatic carbocycles. The molecule has 7 heteroatoms. The van der Waals surface area contributed by atoms with Gasteiger partial charge in [-0.05, 0) is 35.4 Å². The summed E-state index contributed by atoms with van der Waals surface area (Å²) in [5, 5.41) is 0. The van der Waals surface area contributed by atoms with Crippen LogP contribution in [0, 0.1) is 0 Å². The third-order valence-corrected chi connectivity index (χ3v) is 3.38. The Bertz CT molecular complexity index is 504. The lowest BCUT2D eigenvalue weighted by Crippen LogP contribution is -2.30. The lowest BCUT2D eigenvalue weighted by Gasteiger charge is -2.21. The van der Waals surface area contributed by atoms with Crippen molar-refractivity contribution >= 4 is 30.6 Å². The van der Waals surface area contributed by atoms with Crippen molar-refractivity contribution in [2.45, 2.75) is 11.8 Å². The zero-order valence-corrected chi connectivity index (χ0v) is 13.6. The Morgan fingerprint density at radius 2 is 1.14 bits per heavy atom. The van der Waals surface area contributed by atoms with E-state index in [1.807, 2.05) is 24.3 Å². The molecule has 2 aromatic rings. The first-order valence-corrected chi connectivity index (χ1v) is 6.51. The van der Waals surface area contributed by atoms with Gasteiger partial charge in [-0.3, -0.25) is 14.8 Å². The van der Waals surface area contributed by atoms with Crippen LogP contribution in [0.25, 0.3) is 0 Å². The number of hydrogen-bond donors (Lipinski definition) is 2. The molecule has 120 valence electrons. The van der Waals surface area contributed by atoms with Crippen LogP contribution in [-0.2, 0) is 4.79 Å². The van der Waals surface area contributed by atoms with Gasteiger partial charge in [0.15, 0.2) is 0 Å². The summed E-state index contributed by atoms with van der Waals surface area (Å²) in [5.74, 6) is -0.688. The third kappa shape index (κ3) is 4.74. The van der Waals surface area contributed by atoms with Crippen LogP contribution in [0.2, 0.25) is 0 Å². The van der Waals surface area contributed by atoms with Crippen LogP contribution in [0.5, 0.6) is 0 Å². The smallest absolute Gasteiger partial charge is 0.150 e. The Labute approximate surface area is 142 Å². The van der Waals surface area contributed by atoms with E-state index in [4.69, 9.17) is 11.5 Å². The van der Waals surface area contributed by atoms with Crippen molar-refractivity contribution in [3.05, 3.63) is 60.2 Å². The molecule has 0 spiro atoms. The minimum absolute atomic E-state index is 0. The van der Waals surface area contributed by atoms with Crippen molar-refractivity contribution < 1.29 is 4.79 Å². The van der Waals surface area contributed by atoms with Gasteiger partial charge in [-0.25, -0.2) is 0 Å². The van der Waals surface area contributed by atoms with Gasteiger partial charge in [0.05, 0.1) is 11.8 Å². The van der Waals surface area contributed by atoms with Gasteiger partial charge >= 0.3 is 0 Å². The molecule has 2 atom stereocenters. The summed E-state index contributed by atoms with van der Waals surface area (Å²) in [6.45, 7) is 0.509. The Balaban J connectivity index is 0.00000220. The van der Waals surface area contributed by atoms with Gasteiger partial charge in [-0.2, -0.15) is 0 Å². The molecule has 0 aliphatic carbocycles. The largest absolute Gasteiger partial charge is 0.329 e. The van der Waals surface area contributed by atoms with Gasteiger partial charge in [-0.15, -0.1) is 24.8 Å². The van der Waals surface area contributed by atoms with Crippen LogP contribution >= 0.6 is 24.8 Å². The monoisotopic (exact) mass is 342 g/mol. The molecule has 2 rings (SSSR count). The second-order valence-electron chi connectivity index (χ2n) is 4.54. The number of hydrogen-bond acceptors (Lipinski definition) is 5. The predicted molar refractivity (Wildman–Crippen MR) is 91.6 cm³/mol. The zero-order chi connectivity index (χ0) is 14.4. The van der Waals surface area contributed by atoms with E-state index < -0.39 is 0 Å². The van der Waals surface area contributed by atoms with Gasteiger partial charge < -0.3 is 11.5 Å². The normalized spacial score (nSPS) is 12.5. The highest BCUT2D eigenvalue weighted by atomic mass is 35.5. The molecule has 22 heavy (non-hydrogen) atoms. The zero-order valence-electron chi connectivity index (χ0n) is 12.0. The van der Waals surface area contributed by atoms with Crippen molar-refractivity contribution in [2.24, 2.45) is 11.5 Å². The SMILES string of the molecule is Cl.Cl.NCC(C(=O)C(CN)c1ccncc1)c1ccncc1. The first-order chi connectivity index (χ1) is 9.77. The van der Waals surface area contributed by atoms with E-state index in [1.54, 1.807) is 24.8 Å². The molecule has 2 unspecified atom stereocenters. The average molecular weight is 343 g/mol. The first-order valence-electron chi connectivity index (χ1n) is 6.51. The van der Waals surface area contributed by atoms with Crippen molar-refractivity contribution in [3.63, 3.8) is 0 Å². The standard InChI is InChI=1S/C15H18N4O.2ClH/c16-9-13(11-1-5-18-6-2-11)15(20)14(10-17)12-3-7-19-8-4-12;;/h1-8,13-14H,9-10,16-17H2;2*1H. The summed E-state index contributed by atoms with van der Waals surface area (Å²) in [4.78, 5) is 20.6. The quantitative estimate of drug-likeness (QED) is 0.832. The van der Waals surface area contributed by atoms with Crippen molar-refractivity contribution in [1.82, 2.24) is 9.97 Å². The third-order valence-electron chi connectivity index (χ3n) is 3.38. The molecule has 4 N–H and O–H groups in total. The summed E-state index contributed by atoms with van der Waals surface area (Å²) < 4.78 is 0. The number of carbonyl (C=O) groups excluding carboxylic acids is 1. The lowest BCUT2D eigenvalue weighted by molar-refractivity contribution is -0.121. The highest BCUT2D eigenvalue weighted by Gasteiger charge is 2.27. The van der Waals surface area contributed by atoms with E-state index in [0.29, 0.717) is 0 Å². The van der Waals surface area contributed by atoms with Gasteiger partial charge in [-0.1, -0.05) is 0 Å². The minimum Gasteiger partial charge on any atom is -0.329 e. The van der Waals surface area contributed by atoms with Gasteiger partial charge in [0, 0.05) is 37.9 Å². The van der Waals surface area contributed by atoms with Crippen LogP contribution in [0.4, 0.5) is 0 Å². The van der Waals surface area contributed by atoms with Crippen LogP contribution in [-0.4, -0.2) is 28.8 Å². The number of Topliss-reactive ketones (excluding diaryl/α,β-unsaturated/α-hetero) is 1. The predicted octanol–water partition coefficient (Wildman–Crippen LogP) is 1.67. The van der Waals surface area contributed by atoms with Gasteiger partial charge in [0.2, 0.25) is 0 Å². The Morgan fingerprint density at radius 1 is 0.818 bits per heavy atom. The topological polar surface area (TPSA) is 94.9 Å². The molecule has 0 aliphatic rings. The maximum Gasteiger partial charge on any atom is 0.150 e. The molecule has 0 saturated heterocycles. The van der Waals surface area contributed by atoms with Gasteiger partial charge in [0.25, 0.3) is 0 Å². The summed E-state index contributed by atoms with van der Waals surface area (Å²) in [6, 6.07) is 7.26. The Kier molecular flexibility index (Phi) is 9.53. The highest BCUT2D eigenvalue weighted by molar-refractivity contribution is 5.92. The number of halogens is 2. The summed E-state index contributed by atoms with van der Waals surface area (Å²) >= 11 is 0. The van der Waals surface area contributed by atoms with E-state index in [-0.39, 0.29) is 55.5 Å². The molecule has 2 aromatic heterocycles. The van der Waals surface area contributed by atoms with Crippen LogP contribution < -0.4 is 11.5 Å². The van der Waals surface area contributed by atoms with Crippen molar-refractivity contribution in [3.8, 4) is 0 Å². The Hall–Kier alpha value is -1.53. The highest BCUT2D eigenvalue weighted by Crippen LogP contribution is 2.24. The molecule has 0 bridgehead atoms. The van der Waals surface area contributed by atoms with Crippen LogP contribution in [0.15, 0.2) is 49.1 Å². The molecule has 0 fully saturated rings. The Morgan fingerprint density at radius 3 is 1.41 bits per heavy atom. The lowest BCUT2D eigenvalue weighted by atomic mass is 9.84. The average Bonchev–Trinajstić information content (AvgIpc) is 2.51. The summed E-state index contributed by atoms with van der Waals surface area (Å²) in [7, 11) is 0. The first kappa shape index (κ1) is 20.5. The number of ketones is 1. The number of carbonyl (C=O) groups is 1. The molecule has 0 amide bonds. The molecule has 0 aliphatic heterocycles. The van der Waals surface area contributed by atoms with Crippen molar-refractivity contribution in [2.75, 3.05) is 13.1 Å². The molecule has 2 heterocycles. The fourth-order valence-electron chi connectivity index (χ4n) is 2.27. The second kappa shape index (κ2) is 10.2. The number of aromatic nitrogens is 2. The van der Waals surface area contributed by atoms with Crippen molar-refractivity contribution in [1.29, 1.82) is 0 Å². The number of pyridine rings is 2. The van der Waals surface area contributed by atoms with Gasteiger partial charge in [0.1, 0.15) is 5.78 Å². The molecule has 0 saturated carbocycles. The van der Waals surface area contributed by atoms with E-state index in [2.05, 4.69) is 9.97 Å². The fourth-order valence-corrected chi connectivity index (χ4v) is 2.27. The second-order valence-corrected chi connectivity index (χ2v) is 4.54. The maximum atomic E-state index is 12.7. The maximum absolute atomic E-state index is 12.7. The van der Waals surface area contributed by atoms with E-state index >= 15 is 0 Å². The van der Waals surface area contributed by atoms with Crippen LogP contribution in [0.1, 0.15) is 23.0 Å². The summed E-state index contributed by atoms with van der Waals surface area (Å²) in [6.07, 6.45) is 6.65.